The van der Waals surface area contributed by atoms with Crippen LogP contribution in [0.25, 0.3) is 11.6 Å². The summed E-state index contributed by atoms with van der Waals surface area (Å²) in [6, 6.07) is 14.5. The largest absolute Gasteiger partial charge is 0.361 e. The van der Waals surface area contributed by atoms with Gasteiger partial charge in [0.25, 0.3) is 5.91 Å². The Kier molecular flexibility index (Phi) is 6.26. The average Bonchev–Trinajstić information content (AvgIpc) is 2.82. The lowest BCUT2D eigenvalue weighted by atomic mass is 10.0. The smallest absolute Gasteiger partial charge is 0.260 e. The van der Waals surface area contributed by atoms with Crippen LogP contribution in [0.4, 0.5) is 5.69 Å². The fourth-order valence-corrected chi connectivity index (χ4v) is 4.20. The highest BCUT2D eigenvalue weighted by Crippen LogP contribution is 2.39. The number of hydrogen-bond donors (Lipinski definition) is 0. The molecule has 0 spiro atoms. The van der Waals surface area contributed by atoms with Crippen molar-refractivity contribution in [2.24, 2.45) is 0 Å². The number of rotatable bonds is 6. The Bertz CT molecular complexity index is 892. The molecule has 0 radical (unpaired) electrons. The van der Waals surface area contributed by atoms with Crippen molar-refractivity contribution < 1.29 is 9.53 Å². The van der Waals surface area contributed by atoms with Crippen molar-refractivity contribution >= 4 is 58.8 Å². The third-order valence-corrected chi connectivity index (χ3v) is 6.83. The van der Waals surface area contributed by atoms with Crippen molar-refractivity contribution in [2.75, 3.05) is 18.2 Å². The molecule has 1 aliphatic rings. The Morgan fingerprint density at radius 1 is 1.19 bits per heavy atom. The molecule has 2 aromatic carbocycles. The minimum Gasteiger partial charge on any atom is -0.361 e. The number of carbonyl (C=O) groups is 1. The molecule has 2 aromatic rings. The predicted molar refractivity (Wildman–Crippen MR) is 120 cm³/mol. The van der Waals surface area contributed by atoms with Gasteiger partial charge in [0.1, 0.15) is 6.73 Å². The summed E-state index contributed by atoms with van der Waals surface area (Å²) in [5, 5.41) is 0.650. The van der Waals surface area contributed by atoms with E-state index in [1.807, 2.05) is 48.5 Å². The first-order valence-corrected chi connectivity index (χ1v) is 13.8. The van der Waals surface area contributed by atoms with Gasteiger partial charge >= 0.3 is 0 Å². The third-order valence-electron chi connectivity index (χ3n) is 4.39. The highest BCUT2D eigenvalue weighted by Gasteiger charge is 2.32. The zero-order chi connectivity index (χ0) is 19.6. The number of carbonyl (C=O) groups excluding carboxylic acids is 1. The summed E-state index contributed by atoms with van der Waals surface area (Å²) in [5.74, 6) is -0.0453. The van der Waals surface area contributed by atoms with Gasteiger partial charge in [-0.15, -0.1) is 0 Å². The normalized spacial score (nSPS) is 15.5. The Hall–Kier alpha value is -1.40. The molecule has 0 saturated heterocycles. The zero-order valence-corrected chi connectivity index (χ0v) is 19.1. The third kappa shape index (κ3) is 5.11. The van der Waals surface area contributed by atoms with E-state index in [-0.39, 0.29) is 12.6 Å². The van der Waals surface area contributed by atoms with Gasteiger partial charge in [-0.1, -0.05) is 65.4 Å². The summed E-state index contributed by atoms with van der Waals surface area (Å²) in [4.78, 5) is 14.8. The second kappa shape index (κ2) is 8.31. The maximum Gasteiger partial charge on any atom is 0.260 e. The SMILES string of the molecule is C[Si](C)(C)CCOCN1C(=O)/C(=C/c2cccc(Cl)c2)c2ccc(Br)cc21. The van der Waals surface area contributed by atoms with Crippen LogP contribution in [-0.4, -0.2) is 27.3 Å². The number of amides is 1. The number of fused-ring (bicyclic) bond motifs is 1. The van der Waals surface area contributed by atoms with Crippen LogP contribution < -0.4 is 4.90 Å². The highest BCUT2D eigenvalue weighted by atomic mass is 79.9. The van der Waals surface area contributed by atoms with E-state index in [0.717, 1.165) is 27.3 Å². The van der Waals surface area contributed by atoms with Crippen molar-refractivity contribution in [3.05, 3.63) is 63.1 Å². The average molecular weight is 465 g/mol. The molecule has 0 aromatic heterocycles. The van der Waals surface area contributed by atoms with Gasteiger partial charge < -0.3 is 4.74 Å². The van der Waals surface area contributed by atoms with Gasteiger partial charge in [0.05, 0.1) is 5.69 Å². The lowest BCUT2D eigenvalue weighted by molar-refractivity contribution is -0.114. The molecule has 0 N–H and O–H groups in total. The van der Waals surface area contributed by atoms with Crippen LogP contribution in [0.1, 0.15) is 11.1 Å². The Morgan fingerprint density at radius 3 is 2.67 bits per heavy atom. The van der Waals surface area contributed by atoms with E-state index in [9.17, 15) is 4.79 Å². The van der Waals surface area contributed by atoms with Gasteiger partial charge in [-0.2, -0.15) is 0 Å². The highest BCUT2D eigenvalue weighted by molar-refractivity contribution is 9.10. The fourth-order valence-electron chi connectivity index (χ4n) is 2.89. The molecule has 1 amide bonds. The van der Waals surface area contributed by atoms with Crippen LogP contribution in [0.2, 0.25) is 30.7 Å². The summed E-state index contributed by atoms with van der Waals surface area (Å²) in [6.45, 7) is 7.89. The Balaban J connectivity index is 1.86. The first-order valence-electron chi connectivity index (χ1n) is 8.91. The van der Waals surface area contributed by atoms with Crippen molar-refractivity contribution in [3.8, 4) is 0 Å². The summed E-state index contributed by atoms with van der Waals surface area (Å²) < 4.78 is 6.79. The molecule has 0 unspecified atom stereocenters. The number of benzene rings is 2. The zero-order valence-electron chi connectivity index (χ0n) is 15.8. The molecule has 142 valence electrons. The van der Waals surface area contributed by atoms with E-state index in [1.165, 1.54) is 0 Å². The molecule has 3 rings (SSSR count). The van der Waals surface area contributed by atoms with E-state index in [1.54, 1.807) is 4.90 Å². The van der Waals surface area contributed by atoms with Crippen LogP contribution in [-0.2, 0) is 9.53 Å². The maximum absolute atomic E-state index is 13.1. The van der Waals surface area contributed by atoms with Crippen molar-refractivity contribution in [3.63, 3.8) is 0 Å². The molecule has 0 aliphatic carbocycles. The van der Waals surface area contributed by atoms with Gasteiger partial charge in [-0.05, 0) is 41.9 Å². The summed E-state index contributed by atoms with van der Waals surface area (Å²) >= 11 is 9.60. The molecule has 1 heterocycles. The number of hydrogen-bond acceptors (Lipinski definition) is 2. The fraction of sp³-hybridized carbons (Fsp3) is 0.286. The maximum atomic E-state index is 13.1. The second-order valence-electron chi connectivity index (χ2n) is 7.86. The molecule has 0 bridgehead atoms. The van der Waals surface area contributed by atoms with Gasteiger partial charge in [0, 0.05) is 35.3 Å². The van der Waals surface area contributed by atoms with Crippen molar-refractivity contribution in [1.29, 1.82) is 0 Å². The van der Waals surface area contributed by atoms with Gasteiger partial charge in [-0.25, -0.2) is 0 Å². The summed E-state index contributed by atoms with van der Waals surface area (Å²) in [7, 11) is -1.16. The molecule has 3 nitrogen and oxygen atoms in total. The van der Waals surface area contributed by atoms with Crippen LogP contribution >= 0.6 is 27.5 Å². The number of anilines is 1. The first-order chi connectivity index (χ1) is 12.7. The molecule has 27 heavy (non-hydrogen) atoms. The van der Waals surface area contributed by atoms with E-state index in [4.69, 9.17) is 16.3 Å². The molecular formula is C21H23BrClNO2Si. The number of halogens is 2. The van der Waals surface area contributed by atoms with Crippen LogP contribution in [0.3, 0.4) is 0 Å². The minimum atomic E-state index is -1.16. The molecule has 1 aliphatic heterocycles. The van der Waals surface area contributed by atoms with E-state index < -0.39 is 8.07 Å². The predicted octanol–water partition coefficient (Wildman–Crippen LogP) is 6.30. The Labute approximate surface area is 175 Å². The lowest BCUT2D eigenvalue weighted by Gasteiger charge is -2.20. The number of ether oxygens (including phenoxy) is 1. The van der Waals surface area contributed by atoms with Gasteiger partial charge in [-0.3, -0.25) is 9.69 Å². The molecule has 0 atom stereocenters. The molecule has 0 fully saturated rings. The monoisotopic (exact) mass is 463 g/mol. The quantitative estimate of drug-likeness (QED) is 0.285. The van der Waals surface area contributed by atoms with Crippen molar-refractivity contribution in [2.45, 2.75) is 25.7 Å². The second-order valence-corrected chi connectivity index (χ2v) is 14.8. The standard InChI is InChI=1S/C21H23BrClNO2Si/c1-27(2,3)10-9-26-14-24-20-13-16(22)7-8-18(20)19(21(24)25)12-15-5-4-6-17(23)11-15/h4-8,11-13H,9-10,14H2,1-3H3/b19-12+. The number of nitrogens with zero attached hydrogens (tertiary/aromatic N) is 1. The topological polar surface area (TPSA) is 29.5 Å². The lowest BCUT2D eigenvalue weighted by Crippen LogP contribution is -2.30. The Morgan fingerprint density at radius 2 is 1.96 bits per heavy atom. The minimum absolute atomic E-state index is 0.0453. The molecule has 6 heteroatoms. The first kappa shape index (κ1) is 20.3. The van der Waals surface area contributed by atoms with E-state index >= 15 is 0 Å². The van der Waals surface area contributed by atoms with Gasteiger partial charge in [0.15, 0.2) is 0 Å². The van der Waals surface area contributed by atoms with Crippen LogP contribution in [0.15, 0.2) is 46.9 Å². The molecule has 0 saturated carbocycles. The van der Waals surface area contributed by atoms with Gasteiger partial charge in [0.2, 0.25) is 0 Å². The summed E-state index contributed by atoms with van der Waals surface area (Å²) in [6.07, 6.45) is 1.89. The van der Waals surface area contributed by atoms with E-state index in [2.05, 4.69) is 35.6 Å². The van der Waals surface area contributed by atoms with Crippen LogP contribution in [0.5, 0.6) is 0 Å². The molecular weight excluding hydrogens is 442 g/mol. The van der Waals surface area contributed by atoms with Crippen molar-refractivity contribution in [1.82, 2.24) is 0 Å². The van der Waals surface area contributed by atoms with Crippen LogP contribution in [0, 0.1) is 0 Å². The summed E-state index contributed by atoms with van der Waals surface area (Å²) in [5.41, 5.74) is 3.35. The van der Waals surface area contributed by atoms with E-state index in [0.29, 0.717) is 17.2 Å².